The number of rotatable bonds is 3. The molecule has 1 saturated heterocycles. The number of H-pyrrole nitrogens is 2. The Kier molecular flexibility index (Phi) is 3.44. The monoisotopic (exact) mass is 310 g/mol. The largest absolute Gasteiger partial charge is 0.356 e. The summed E-state index contributed by atoms with van der Waals surface area (Å²) in [6.45, 7) is 4.42. The van der Waals surface area contributed by atoms with Crippen molar-refractivity contribution in [3.05, 3.63) is 36.9 Å². The summed E-state index contributed by atoms with van der Waals surface area (Å²) in [5.41, 5.74) is 0.895. The standard InChI is InChI=1S/C17H22N6/c1-12-6-9-23(15-4-3-7-18-15)10-14(12)22(2)17-13-5-8-19-16(13)20-11-21-17/h3-5,7-8,11-12,14,18H,6,9-10H2,1-2H3,(H,19,20,21). The maximum atomic E-state index is 4.54. The minimum atomic E-state index is 0.417. The molecule has 0 radical (unpaired) electrons. The van der Waals surface area contributed by atoms with Crippen LogP contribution in [-0.4, -0.2) is 46.1 Å². The Morgan fingerprint density at radius 3 is 2.96 bits per heavy atom. The van der Waals surface area contributed by atoms with Gasteiger partial charge in [0.15, 0.2) is 0 Å². The van der Waals surface area contributed by atoms with Gasteiger partial charge in [-0.2, -0.15) is 0 Å². The Hall–Kier alpha value is -2.50. The van der Waals surface area contributed by atoms with Crippen LogP contribution in [0.25, 0.3) is 11.0 Å². The molecule has 2 unspecified atom stereocenters. The fourth-order valence-electron chi connectivity index (χ4n) is 3.59. The number of nitrogens with zero attached hydrogens (tertiary/aromatic N) is 4. The molecular formula is C17H22N6. The highest BCUT2D eigenvalue weighted by atomic mass is 15.3. The first-order valence-corrected chi connectivity index (χ1v) is 8.13. The number of hydrogen-bond donors (Lipinski definition) is 2. The predicted octanol–water partition coefficient (Wildman–Crippen LogP) is 2.64. The Balaban J connectivity index is 1.63. The lowest BCUT2D eigenvalue weighted by Gasteiger charge is -2.42. The summed E-state index contributed by atoms with van der Waals surface area (Å²) in [6, 6.07) is 6.67. The second-order valence-corrected chi connectivity index (χ2v) is 6.38. The molecule has 6 heteroatoms. The number of nitrogens with one attached hydrogen (secondary N) is 2. The molecule has 3 aromatic heterocycles. The number of likely N-dealkylation sites (N-methyl/N-ethyl adjacent to an activating group) is 1. The van der Waals surface area contributed by atoms with Crippen LogP contribution in [0.15, 0.2) is 36.9 Å². The molecule has 0 aromatic carbocycles. The third-order valence-electron chi connectivity index (χ3n) is 5.01. The van der Waals surface area contributed by atoms with Gasteiger partial charge in [0.2, 0.25) is 0 Å². The average molecular weight is 310 g/mol. The van der Waals surface area contributed by atoms with Crippen molar-refractivity contribution in [1.29, 1.82) is 0 Å². The van der Waals surface area contributed by atoms with Gasteiger partial charge in [-0.25, -0.2) is 9.97 Å². The number of aromatic amines is 2. The zero-order valence-corrected chi connectivity index (χ0v) is 13.5. The van der Waals surface area contributed by atoms with E-state index in [1.54, 1.807) is 6.33 Å². The normalized spacial score (nSPS) is 21.7. The minimum absolute atomic E-state index is 0.417. The number of anilines is 2. The third-order valence-corrected chi connectivity index (χ3v) is 5.01. The van der Waals surface area contributed by atoms with Gasteiger partial charge in [0.05, 0.1) is 11.4 Å². The Bertz CT molecular complexity index is 777. The molecule has 4 heterocycles. The molecule has 4 rings (SSSR count). The molecule has 1 aliphatic rings. The molecule has 3 aromatic rings. The number of fused-ring (bicyclic) bond motifs is 1. The van der Waals surface area contributed by atoms with Gasteiger partial charge in [0.25, 0.3) is 0 Å². The van der Waals surface area contributed by atoms with E-state index in [-0.39, 0.29) is 0 Å². The van der Waals surface area contributed by atoms with Crippen molar-refractivity contribution in [3.8, 4) is 0 Å². The summed E-state index contributed by atoms with van der Waals surface area (Å²) >= 11 is 0. The van der Waals surface area contributed by atoms with Crippen LogP contribution in [0.5, 0.6) is 0 Å². The topological polar surface area (TPSA) is 63.8 Å². The third kappa shape index (κ3) is 2.44. The maximum absolute atomic E-state index is 4.54. The maximum Gasteiger partial charge on any atom is 0.142 e. The average Bonchev–Trinajstić information content (AvgIpc) is 3.25. The summed E-state index contributed by atoms with van der Waals surface area (Å²) in [6.07, 6.45) is 6.72. The van der Waals surface area contributed by atoms with Crippen molar-refractivity contribution in [2.45, 2.75) is 19.4 Å². The minimum Gasteiger partial charge on any atom is -0.356 e. The van der Waals surface area contributed by atoms with Crippen molar-refractivity contribution in [3.63, 3.8) is 0 Å². The molecule has 0 amide bonds. The highest BCUT2D eigenvalue weighted by molar-refractivity contribution is 5.87. The van der Waals surface area contributed by atoms with Gasteiger partial charge in [-0.05, 0) is 30.5 Å². The van der Waals surface area contributed by atoms with E-state index in [1.165, 1.54) is 12.2 Å². The lowest BCUT2D eigenvalue weighted by molar-refractivity contribution is 0.366. The van der Waals surface area contributed by atoms with Crippen LogP contribution < -0.4 is 9.80 Å². The van der Waals surface area contributed by atoms with Gasteiger partial charge >= 0.3 is 0 Å². The smallest absolute Gasteiger partial charge is 0.142 e. The quantitative estimate of drug-likeness (QED) is 0.780. The predicted molar refractivity (Wildman–Crippen MR) is 92.9 cm³/mol. The van der Waals surface area contributed by atoms with Gasteiger partial charge in [-0.1, -0.05) is 6.92 Å². The van der Waals surface area contributed by atoms with Crippen molar-refractivity contribution < 1.29 is 0 Å². The summed E-state index contributed by atoms with van der Waals surface area (Å²) in [4.78, 5) is 20.1. The molecule has 0 bridgehead atoms. The lowest BCUT2D eigenvalue weighted by Crippen LogP contribution is -2.51. The zero-order chi connectivity index (χ0) is 15.8. The van der Waals surface area contributed by atoms with Crippen LogP contribution in [0.4, 0.5) is 11.6 Å². The first-order chi connectivity index (χ1) is 11.2. The number of aromatic nitrogens is 4. The van der Waals surface area contributed by atoms with E-state index in [0.29, 0.717) is 12.0 Å². The van der Waals surface area contributed by atoms with Crippen molar-refractivity contribution >= 4 is 22.7 Å². The highest BCUT2D eigenvalue weighted by Crippen LogP contribution is 2.29. The SMILES string of the molecule is CC1CCN(c2ccc[nH]2)CC1N(C)c1ncnc2[nH]ccc12. The van der Waals surface area contributed by atoms with Crippen LogP contribution in [0.3, 0.4) is 0 Å². The van der Waals surface area contributed by atoms with E-state index in [0.717, 1.165) is 29.9 Å². The Labute approximate surface area is 135 Å². The van der Waals surface area contributed by atoms with E-state index >= 15 is 0 Å². The molecule has 6 nitrogen and oxygen atoms in total. The zero-order valence-electron chi connectivity index (χ0n) is 13.5. The first-order valence-electron chi connectivity index (χ1n) is 8.13. The summed E-state index contributed by atoms with van der Waals surface area (Å²) in [5.74, 6) is 2.82. The Morgan fingerprint density at radius 1 is 1.22 bits per heavy atom. The lowest BCUT2D eigenvalue weighted by atomic mass is 9.92. The number of hydrogen-bond acceptors (Lipinski definition) is 4. The second kappa shape index (κ2) is 5.61. The van der Waals surface area contributed by atoms with Crippen molar-refractivity contribution in [2.24, 2.45) is 5.92 Å². The molecular weight excluding hydrogens is 288 g/mol. The van der Waals surface area contributed by atoms with Gasteiger partial charge in [0.1, 0.15) is 23.6 Å². The van der Waals surface area contributed by atoms with E-state index in [9.17, 15) is 0 Å². The van der Waals surface area contributed by atoms with Crippen LogP contribution in [0.2, 0.25) is 0 Å². The molecule has 2 N–H and O–H groups in total. The first kappa shape index (κ1) is 14.1. The molecule has 120 valence electrons. The second-order valence-electron chi connectivity index (χ2n) is 6.38. The molecule has 2 atom stereocenters. The van der Waals surface area contributed by atoms with Crippen LogP contribution in [-0.2, 0) is 0 Å². The van der Waals surface area contributed by atoms with E-state index in [2.05, 4.69) is 61.9 Å². The molecule has 23 heavy (non-hydrogen) atoms. The molecule has 0 spiro atoms. The molecule has 1 fully saturated rings. The summed E-state index contributed by atoms with van der Waals surface area (Å²) < 4.78 is 0. The highest BCUT2D eigenvalue weighted by Gasteiger charge is 2.31. The van der Waals surface area contributed by atoms with Gasteiger partial charge < -0.3 is 19.8 Å². The van der Waals surface area contributed by atoms with Crippen LogP contribution in [0, 0.1) is 5.92 Å². The van der Waals surface area contributed by atoms with Crippen LogP contribution in [0.1, 0.15) is 13.3 Å². The van der Waals surface area contributed by atoms with E-state index in [1.807, 2.05) is 12.4 Å². The summed E-state index contributed by atoms with van der Waals surface area (Å²) in [5, 5.41) is 1.08. The fraction of sp³-hybridized carbons (Fsp3) is 0.412. The summed E-state index contributed by atoms with van der Waals surface area (Å²) in [7, 11) is 2.15. The van der Waals surface area contributed by atoms with Crippen molar-refractivity contribution in [1.82, 2.24) is 19.9 Å². The van der Waals surface area contributed by atoms with Gasteiger partial charge in [-0.15, -0.1) is 0 Å². The molecule has 0 saturated carbocycles. The molecule has 0 aliphatic carbocycles. The van der Waals surface area contributed by atoms with E-state index in [4.69, 9.17) is 0 Å². The number of piperidine rings is 1. The Morgan fingerprint density at radius 2 is 2.13 bits per heavy atom. The molecule has 1 aliphatic heterocycles. The van der Waals surface area contributed by atoms with Crippen LogP contribution >= 0.6 is 0 Å². The van der Waals surface area contributed by atoms with E-state index < -0.39 is 0 Å². The van der Waals surface area contributed by atoms with Crippen molar-refractivity contribution in [2.75, 3.05) is 29.9 Å². The fourth-order valence-corrected chi connectivity index (χ4v) is 3.59. The van der Waals surface area contributed by atoms with Gasteiger partial charge in [0, 0.05) is 32.5 Å². The van der Waals surface area contributed by atoms with Gasteiger partial charge in [-0.3, -0.25) is 0 Å².